The fourth-order valence-corrected chi connectivity index (χ4v) is 0.746. The molecule has 0 heterocycles. The van der Waals surface area contributed by atoms with Crippen LogP contribution in [0, 0.1) is 22.7 Å². The Morgan fingerprint density at radius 2 is 2.67 bits per heavy atom. The molecular formula is C7H8N2. The van der Waals surface area contributed by atoms with E-state index in [4.69, 9.17) is 10.7 Å². The first-order valence-electron chi connectivity index (χ1n) is 2.98. The van der Waals surface area contributed by atoms with Gasteiger partial charge in [0.25, 0.3) is 0 Å². The number of nitrogens with zero attached hydrogens (tertiary/aromatic N) is 1. The highest BCUT2D eigenvalue weighted by Gasteiger charge is 2.27. The molecular weight excluding hydrogens is 112 g/mol. The molecule has 0 aromatic heterocycles. The Bertz CT molecular complexity index is 207. The van der Waals surface area contributed by atoms with Crippen molar-refractivity contribution in [1.82, 2.24) is 0 Å². The van der Waals surface area contributed by atoms with E-state index < -0.39 is 0 Å². The van der Waals surface area contributed by atoms with Gasteiger partial charge in [-0.05, 0) is 6.42 Å². The summed E-state index contributed by atoms with van der Waals surface area (Å²) in [5, 5.41) is 15.6. The lowest BCUT2D eigenvalue weighted by atomic mass is 10.1. The van der Waals surface area contributed by atoms with Crippen LogP contribution in [-0.4, -0.2) is 5.71 Å². The summed E-state index contributed by atoms with van der Waals surface area (Å²) in [5.74, 6) is 0.111. The molecule has 0 amide bonds. The molecule has 0 radical (unpaired) electrons. The summed E-state index contributed by atoms with van der Waals surface area (Å²) >= 11 is 0. The van der Waals surface area contributed by atoms with Crippen LogP contribution in [0.2, 0.25) is 0 Å². The van der Waals surface area contributed by atoms with Crippen molar-refractivity contribution in [2.75, 3.05) is 0 Å². The second-order valence-electron chi connectivity index (χ2n) is 2.09. The van der Waals surface area contributed by atoms with Gasteiger partial charge in [0, 0.05) is 11.3 Å². The SMILES string of the molecule is CCC(=N)C1C=C1C#N. The molecule has 0 bridgehead atoms. The Morgan fingerprint density at radius 3 is 3.00 bits per heavy atom. The van der Waals surface area contributed by atoms with Crippen LogP contribution in [0.5, 0.6) is 0 Å². The van der Waals surface area contributed by atoms with Crippen LogP contribution < -0.4 is 0 Å². The first kappa shape index (κ1) is 6.03. The topological polar surface area (TPSA) is 47.6 Å². The van der Waals surface area contributed by atoms with Crippen LogP contribution in [0.15, 0.2) is 11.6 Å². The monoisotopic (exact) mass is 120 g/mol. The van der Waals surface area contributed by atoms with Crippen LogP contribution in [0.4, 0.5) is 0 Å². The largest absolute Gasteiger partial charge is 0.309 e. The molecule has 1 rings (SSSR count). The molecule has 2 heteroatoms. The molecule has 2 nitrogen and oxygen atoms in total. The smallest absolute Gasteiger partial charge is 0.0954 e. The molecule has 0 saturated heterocycles. The van der Waals surface area contributed by atoms with Crippen molar-refractivity contribution < 1.29 is 0 Å². The minimum atomic E-state index is 0.111. The van der Waals surface area contributed by atoms with Crippen molar-refractivity contribution in [1.29, 1.82) is 10.7 Å². The molecule has 1 unspecified atom stereocenters. The Kier molecular flexibility index (Phi) is 1.35. The molecule has 46 valence electrons. The molecule has 0 spiro atoms. The molecule has 0 aromatic carbocycles. The standard InChI is InChI=1S/C7H8N2/c1-2-7(9)6-3-5(6)4-8/h3,6,9H,2H2,1H3. The van der Waals surface area contributed by atoms with Crippen molar-refractivity contribution in [3.05, 3.63) is 11.6 Å². The highest BCUT2D eigenvalue weighted by atomic mass is 14.5. The summed E-state index contributed by atoms with van der Waals surface area (Å²) in [6, 6.07) is 2.02. The van der Waals surface area contributed by atoms with Crippen LogP contribution in [0.25, 0.3) is 0 Å². The first-order chi connectivity index (χ1) is 4.29. The van der Waals surface area contributed by atoms with E-state index in [0.717, 1.165) is 12.0 Å². The zero-order chi connectivity index (χ0) is 6.85. The van der Waals surface area contributed by atoms with E-state index in [1.807, 2.05) is 19.1 Å². The van der Waals surface area contributed by atoms with E-state index in [2.05, 4.69) is 0 Å². The predicted molar refractivity (Wildman–Crippen MR) is 35.2 cm³/mol. The summed E-state index contributed by atoms with van der Waals surface area (Å²) in [4.78, 5) is 0. The van der Waals surface area contributed by atoms with Gasteiger partial charge in [-0.3, -0.25) is 0 Å². The van der Waals surface area contributed by atoms with Gasteiger partial charge in [0.15, 0.2) is 0 Å². The Labute approximate surface area is 54.3 Å². The quantitative estimate of drug-likeness (QED) is 0.551. The third kappa shape index (κ3) is 0.996. The molecule has 0 aromatic rings. The predicted octanol–water partition coefficient (Wildman–Crippen LogP) is 1.50. The summed E-state index contributed by atoms with van der Waals surface area (Å²) < 4.78 is 0. The van der Waals surface area contributed by atoms with E-state index >= 15 is 0 Å². The van der Waals surface area contributed by atoms with Gasteiger partial charge in [-0.25, -0.2) is 0 Å². The zero-order valence-electron chi connectivity index (χ0n) is 5.31. The van der Waals surface area contributed by atoms with E-state index in [0.29, 0.717) is 5.71 Å². The number of hydrogen-bond acceptors (Lipinski definition) is 2. The normalized spacial score (nSPS) is 22.2. The highest BCUT2D eigenvalue weighted by molar-refractivity contribution is 5.93. The van der Waals surface area contributed by atoms with E-state index in [9.17, 15) is 0 Å². The summed E-state index contributed by atoms with van der Waals surface area (Å²) in [5.41, 5.74) is 1.42. The van der Waals surface area contributed by atoms with E-state index in [1.165, 1.54) is 0 Å². The second kappa shape index (κ2) is 2.02. The van der Waals surface area contributed by atoms with Crippen LogP contribution in [-0.2, 0) is 0 Å². The minimum absolute atomic E-state index is 0.111. The lowest BCUT2D eigenvalue weighted by molar-refractivity contribution is 1.11. The maximum absolute atomic E-state index is 8.31. The molecule has 0 aliphatic heterocycles. The van der Waals surface area contributed by atoms with E-state index in [-0.39, 0.29) is 5.92 Å². The van der Waals surface area contributed by atoms with Gasteiger partial charge >= 0.3 is 0 Å². The van der Waals surface area contributed by atoms with Crippen LogP contribution >= 0.6 is 0 Å². The average Bonchev–Trinajstić information content (AvgIpc) is 2.64. The number of nitriles is 1. The maximum Gasteiger partial charge on any atom is 0.0954 e. The second-order valence-corrected chi connectivity index (χ2v) is 2.09. The van der Waals surface area contributed by atoms with Crippen LogP contribution in [0.1, 0.15) is 13.3 Å². The molecule has 1 aliphatic carbocycles. The molecule has 1 atom stereocenters. The lowest BCUT2D eigenvalue weighted by Crippen LogP contribution is -1.98. The van der Waals surface area contributed by atoms with Gasteiger partial charge in [0.05, 0.1) is 12.0 Å². The van der Waals surface area contributed by atoms with Gasteiger partial charge < -0.3 is 5.41 Å². The number of hydrogen-bond donors (Lipinski definition) is 1. The molecule has 9 heavy (non-hydrogen) atoms. The average molecular weight is 120 g/mol. The number of rotatable bonds is 2. The Morgan fingerprint density at radius 1 is 2.00 bits per heavy atom. The maximum atomic E-state index is 8.31. The third-order valence-corrected chi connectivity index (χ3v) is 1.46. The fourth-order valence-electron chi connectivity index (χ4n) is 0.746. The van der Waals surface area contributed by atoms with Crippen molar-refractivity contribution >= 4 is 5.71 Å². The van der Waals surface area contributed by atoms with Crippen molar-refractivity contribution in [2.45, 2.75) is 13.3 Å². The van der Waals surface area contributed by atoms with Crippen LogP contribution in [0.3, 0.4) is 0 Å². The summed E-state index contributed by atoms with van der Waals surface area (Å²) in [6.45, 7) is 1.93. The number of nitrogens with one attached hydrogen (secondary N) is 1. The van der Waals surface area contributed by atoms with Gasteiger partial charge in [0.1, 0.15) is 0 Å². The van der Waals surface area contributed by atoms with Crippen molar-refractivity contribution in [2.24, 2.45) is 5.92 Å². The highest BCUT2D eigenvalue weighted by Crippen LogP contribution is 2.29. The number of allylic oxidation sites excluding steroid dienone is 2. The Balaban J connectivity index is 2.40. The minimum Gasteiger partial charge on any atom is -0.309 e. The van der Waals surface area contributed by atoms with Gasteiger partial charge in [-0.2, -0.15) is 5.26 Å². The molecule has 1 aliphatic rings. The van der Waals surface area contributed by atoms with Crippen molar-refractivity contribution in [3.8, 4) is 6.07 Å². The lowest BCUT2D eigenvalue weighted by Gasteiger charge is -1.92. The molecule has 0 fully saturated rings. The fraction of sp³-hybridized carbons (Fsp3) is 0.429. The Hall–Kier alpha value is -1.10. The van der Waals surface area contributed by atoms with Gasteiger partial charge in [-0.1, -0.05) is 13.0 Å². The first-order valence-corrected chi connectivity index (χ1v) is 2.98. The van der Waals surface area contributed by atoms with Gasteiger partial charge in [0.2, 0.25) is 0 Å². The summed E-state index contributed by atoms with van der Waals surface area (Å²) in [7, 11) is 0. The molecule has 1 N–H and O–H groups in total. The molecule has 0 saturated carbocycles. The van der Waals surface area contributed by atoms with Gasteiger partial charge in [-0.15, -0.1) is 0 Å². The van der Waals surface area contributed by atoms with Crippen molar-refractivity contribution in [3.63, 3.8) is 0 Å². The van der Waals surface area contributed by atoms with E-state index in [1.54, 1.807) is 0 Å². The zero-order valence-corrected chi connectivity index (χ0v) is 5.31. The summed E-state index contributed by atoms with van der Waals surface area (Å²) in [6.07, 6.45) is 2.58. The third-order valence-electron chi connectivity index (χ3n) is 1.46.